The summed E-state index contributed by atoms with van der Waals surface area (Å²) in [5.41, 5.74) is -1.14. The lowest BCUT2D eigenvalue weighted by atomic mass is 10.00. The van der Waals surface area contributed by atoms with Crippen molar-refractivity contribution in [1.82, 2.24) is 14.6 Å². The molecule has 0 atom stereocenters. The number of fused-ring (bicyclic) bond motifs is 1. The summed E-state index contributed by atoms with van der Waals surface area (Å²) < 4.78 is 61.8. The normalized spacial score (nSPS) is 18.9. The average molecular weight is 523 g/mol. The van der Waals surface area contributed by atoms with Gasteiger partial charge in [0.2, 0.25) is 0 Å². The van der Waals surface area contributed by atoms with Crippen molar-refractivity contribution in [2.75, 3.05) is 31.2 Å². The van der Waals surface area contributed by atoms with Crippen LogP contribution in [0.5, 0.6) is 0 Å². The summed E-state index contributed by atoms with van der Waals surface area (Å²) in [6, 6.07) is 1.56. The summed E-state index contributed by atoms with van der Waals surface area (Å²) in [7, 11) is 0. The number of aliphatic imine (C=N–C) groups is 1. The van der Waals surface area contributed by atoms with Crippen molar-refractivity contribution < 1.29 is 27.4 Å². The van der Waals surface area contributed by atoms with Gasteiger partial charge in [-0.2, -0.15) is 28.0 Å². The summed E-state index contributed by atoms with van der Waals surface area (Å²) >= 11 is 5.90. The fraction of sp³-hybridized carbons (Fsp3) is 0.304. The molecule has 1 fully saturated rings. The minimum atomic E-state index is -4.88. The molecule has 1 aliphatic carbocycles. The van der Waals surface area contributed by atoms with Crippen molar-refractivity contribution in [3.05, 3.63) is 63.9 Å². The minimum Gasteiger partial charge on any atom is -0.394 e. The van der Waals surface area contributed by atoms with E-state index in [0.29, 0.717) is 5.56 Å². The molecule has 0 amide bonds. The second-order valence-electron chi connectivity index (χ2n) is 7.91. The molecule has 0 unspecified atom stereocenters. The Balaban J connectivity index is 1.95. The zero-order valence-electron chi connectivity index (χ0n) is 18.9. The number of aromatic nitrogens is 3. The van der Waals surface area contributed by atoms with Gasteiger partial charge in [0.05, 0.1) is 35.8 Å². The van der Waals surface area contributed by atoms with Gasteiger partial charge in [-0.15, -0.1) is 0 Å². The number of alkyl halides is 3. The molecule has 188 valence electrons. The number of aliphatic hydroxyl groups excluding tert-OH is 1. The van der Waals surface area contributed by atoms with Gasteiger partial charge in [0.25, 0.3) is 0 Å². The molecular formula is C23H19ClF4N6O2. The van der Waals surface area contributed by atoms with Crippen molar-refractivity contribution in [3.63, 3.8) is 0 Å². The summed E-state index contributed by atoms with van der Waals surface area (Å²) in [5, 5.41) is 22.0. The van der Waals surface area contributed by atoms with E-state index in [1.807, 2.05) is 0 Å². The number of aryl methyl sites for hydroxylation is 1. The summed E-state index contributed by atoms with van der Waals surface area (Å²) in [6.07, 6.45) is 0.0495. The van der Waals surface area contributed by atoms with Gasteiger partial charge in [-0.05, 0) is 25.2 Å². The Morgan fingerprint density at radius 1 is 1.39 bits per heavy atom. The lowest BCUT2D eigenvalue weighted by molar-refractivity contribution is -0.141. The molecule has 0 spiro atoms. The van der Waals surface area contributed by atoms with Gasteiger partial charge in [0.15, 0.2) is 11.3 Å². The quantitative estimate of drug-likeness (QED) is 0.574. The summed E-state index contributed by atoms with van der Waals surface area (Å²) in [4.78, 5) is 10.1. The molecule has 2 aromatic heterocycles. The highest BCUT2D eigenvalue weighted by Gasteiger charge is 2.41. The largest absolute Gasteiger partial charge is 0.436 e. The van der Waals surface area contributed by atoms with Crippen LogP contribution in [0, 0.1) is 18.3 Å². The first-order valence-corrected chi connectivity index (χ1v) is 11.0. The van der Waals surface area contributed by atoms with Crippen LogP contribution < -0.4 is 4.90 Å². The minimum absolute atomic E-state index is 0.108. The fourth-order valence-corrected chi connectivity index (χ4v) is 4.06. The van der Waals surface area contributed by atoms with Gasteiger partial charge in [-0.25, -0.2) is 9.37 Å². The van der Waals surface area contributed by atoms with Gasteiger partial charge in [0, 0.05) is 30.4 Å². The van der Waals surface area contributed by atoms with Gasteiger partial charge in [-0.3, -0.25) is 4.99 Å². The van der Waals surface area contributed by atoms with Gasteiger partial charge < -0.3 is 14.7 Å². The molecule has 13 heteroatoms. The number of hydrogen-bond donors (Lipinski definition) is 1. The van der Waals surface area contributed by atoms with E-state index < -0.39 is 23.3 Å². The Morgan fingerprint density at radius 2 is 2.11 bits per heavy atom. The Bertz CT molecular complexity index is 1390. The zero-order valence-corrected chi connectivity index (χ0v) is 19.6. The Kier molecular flexibility index (Phi) is 6.99. The third kappa shape index (κ3) is 4.65. The highest BCUT2D eigenvalue weighted by molar-refractivity contribution is 6.35. The van der Waals surface area contributed by atoms with Crippen LogP contribution in [0.3, 0.4) is 0 Å². The van der Waals surface area contributed by atoms with E-state index in [2.05, 4.69) is 21.7 Å². The van der Waals surface area contributed by atoms with Crippen LogP contribution in [0.25, 0.3) is 11.7 Å². The van der Waals surface area contributed by atoms with Crippen LogP contribution in [-0.2, 0) is 10.9 Å². The molecule has 1 N–H and O–H groups in total. The van der Waals surface area contributed by atoms with Crippen molar-refractivity contribution in [1.29, 1.82) is 5.26 Å². The van der Waals surface area contributed by atoms with Crippen LogP contribution in [0.1, 0.15) is 22.5 Å². The molecule has 0 aromatic carbocycles. The van der Waals surface area contributed by atoms with Crippen molar-refractivity contribution >= 4 is 34.9 Å². The molecule has 2 aromatic rings. The van der Waals surface area contributed by atoms with Crippen molar-refractivity contribution in [3.8, 4) is 6.07 Å². The van der Waals surface area contributed by atoms with E-state index in [1.54, 1.807) is 17.9 Å². The van der Waals surface area contributed by atoms with Crippen molar-refractivity contribution in [2.24, 2.45) is 4.99 Å². The highest BCUT2D eigenvalue weighted by Crippen LogP contribution is 2.37. The molecule has 0 bridgehead atoms. The third-order valence-corrected chi connectivity index (χ3v) is 5.83. The van der Waals surface area contributed by atoms with E-state index in [4.69, 9.17) is 21.4 Å². The summed E-state index contributed by atoms with van der Waals surface area (Å²) in [5.74, 6) is -0.501. The van der Waals surface area contributed by atoms with Crippen LogP contribution >= 0.6 is 11.6 Å². The summed E-state index contributed by atoms with van der Waals surface area (Å²) in [6.45, 7) is 5.59. The number of halogens is 5. The average Bonchev–Trinajstić information content (AvgIpc) is 3.16. The number of allylic oxidation sites excluding steroid dienone is 5. The number of rotatable bonds is 6. The predicted molar refractivity (Wildman–Crippen MR) is 125 cm³/mol. The van der Waals surface area contributed by atoms with Gasteiger partial charge >= 0.3 is 6.18 Å². The molecule has 4 rings (SSSR count). The van der Waals surface area contributed by atoms with E-state index in [1.165, 1.54) is 18.4 Å². The Labute approximate surface area is 207 Å². The van der Waals surface area contributed by atoms with Crippen LogP contribution in [0.4, 0.5) is 23.4 Å². The number of nitrogens with zero attached hydrogens (tertiary/aromatic N) is 6. The first kappa shape index (κ1) is 25.6. The number of nitriles is 1. The molecule has 8 nitrogen and oxygen atoms in total. The number of hydrogen-bond acceptors (Lipinski definition) is 7. The first-order valence-electron chi connectivity index (χ1n) is 10.6. The SMILES string of the molecule is C=CN=C1C=C(Cl)C(F)=C/C1=C\c1c(C)nc2c(C#N)c(C(F)(F)F)nn2c1N1CC(OCCO)C1. The maximum atomic E-state index is 14.3. The first-order chi connectivity index (χ1) is 17.1. The highest BCUT2D eigenvalue weighted by atomic mass is 35.5. The molecule has 3 heterocycles. The van der Waals surface area contributed by atoms with Crippen molar-refractivity contribution in [2.45, 2.75) is 19.2 Å². The predicted octanol–water partition coefficient (Wildman–Crippen LogP) is 4.08. The van der Waals surface area contributed by atoms with E-state index in [0.717, 1.165) is 10.6 Å². The zero-order chi connectivity index (χ0) is 26.2. The maximum absolute atomic E-state index is 14.3. The second kappa shape index (κ2) is 9.85. The molecule has 0 saturated carbocycles. The number of aliphatic hydroxyl groups is 1. The van der Waals surface area contributed by atoms with Crippen LogP contribution in [0.2, 0.25) is 0 Å². The van der Waals surface area contributed by atoms with E-state index >= 15 is 0 Å². The van der Waals surface area contributed by atoms with Gasteiger partial charge in [0.1, 0.15) is 23.3 Å². The second-order valence-corrected chi connectivity index (χ2v) is 8.31. The number of ether oxygens (including phenoxy) is 1. The molecule has 1 saturated heterocycles. The van der Waals surface area contributed by atoms with Crippen LogP contribution in [-0.4, -0.2) is 57.8 Å². The lowest BCUT2D eigenvalue weighted by Gasteiger charge is -2.41. The monoisotopic (exact) mass is 522 g/mol. The Hall–Kier alpha value is -3.53. The standard InChI is InChI=1S/C23H19ClF4N6O2/c1-3-30-19-8-17(24)18(25)7-13(19)6-15-12(2)31-21-16(9-29)20(23(26,27)28)32-34(21)22(15)33-10-14(11-33)36-5-4-35/h3,6-8,14,35H,1,4-5,10-11H2,2H3/b13-6+,30-19?. The fourth-order valence-electron chi connectivity index (χ4n) is 3.90. The van der Waals surface area contributed by atoms with Crippen LogP contribution in [0.15, 0.2) is 46.4 Å². The molecule has 2 aliphatic rings. The maximum Gasteiger partial charge on any atom is 0.436 e. The smallest absolute Gasteiger partial charge is 0.394 e. The van der Waals surface area contributed by atoms with E-state index in [-0.39, 0.29) is 65.9 Å². The molecule has 0 radical (unpaired) electrons. The van der Waals surface area contributed by atoms with E-state index in [9.17, 15) is 22.8 Å². The molecule has 1 aliphatic heterocycles. The lowest BCUT2D eigenvalue weighted by Crippen LogP contribution is -2.53. The Morgan fingerprint density at radius 3 is 2.72 bits per heavy atom. The van der Waals surface area contributed by atoms with Gasteiger partial charge in [-0.1, -0.05) is 18.2 Å². The topological polar surface area (TPSA) is 99.0 Å². The number of anilines is 1. The molecule has 36 heavy (non-hydrogen) atoms. The molecular weight excluding hydrogens is 504 g/mol. The third-order valence-electron chi connectivity index (χ3n) is 5.54.